The zero-order chi connectivity index (χ0) is 18.2. The minimum absolute atomic E-state index is 0.0922. The molecule has 0 heterocycles. The normalized spacial score (nSPS) is 12.6. The molecule has 2 atom stereocenters. The molecular formula is C20H22N2O3. The SMILES string of the molecule is CCC(NC(=O)C(C)Oc1ccc(C#N)cc1)c1ccc(OC)cc1. The third-order valence-corrected chi connectivity index (χ3v) is 3.91. The second-order valence-electron chi connectivity index (χ2n) is 5.64. The fourth-order valence-corrected chi connectivity index (χ4v) is 2.41. The molecule has 0 saturated carbocycles. The molecule has 2 aromatic rings. The molecular weight excluding hydrogens is 316 g/mol. The van der Waals surface area contributed by atoms with Crippen molar-refractivity contribution in [3.63, 3.8) is 0 Å². The Morgan fingerprint density at radius 2 is 1.72 bits per heavy atom. The van der Waals surface area contributed by atoms with E-state index in [1.165, 1.54) is 0 Å². The zero-order valence-electron chi connectivity index (χ0n) is 14.7. The van der Waals surface area contributed by atoms with E-state index in [1.54, 1.807) is 38.3 Å². The number of amides is 1. The first-order valence-electron chi connectivity index (χ1n) is 8.18. The summed E-state index contributed by atoms with van der Waals surface area (Å²) in [6.45, 7) is 3.72. The molecule has 0 bridgehead atoms. The number of nitriles is 1. The molecule has 5 heteroatoms. The van der Waals surface area contributed by atoms with Gasteiger partial charge >= 0.3 is 0 Å². The van der Waals surface area contributed by atoms with E-state index in [2.05, 4.69) is 5.32 Å². The highest BCUT2D eigenvalue weighted by Gasteiger charge is 2.19. The lowest BCUT2D eigenvalue weighted by molar-refractivity contribution is -0.128. The highest BCUT2D eigenvalue weighted by molar-refractivity contribution is 5.81. The molecule has 2 aromatic carbocycles. The van der Waals surface area contributed by atoms with Crippen molar-refractivity contribution in [2.24, 2.45) is 0 Å². The molecule has 0 radical (unpaired) electrons. The Labute approximate surface area is 148 Å². The number of ether oxygens (including phenoxy) is 2. The van der Waals surface area contributed by atoms with Gasteiger partial charge in [0.1, 0.15) is 11.5 Å². The zero-order valence-corrected chi connectivity index (χ0v) is 14.7. The van der Waals surface area contributed by atoms with Gasteiger partial charge in [0.05, 0.1) is 24.8 Å². The first-order chi connectivity index (χ1) is 12.1. The Bertz CT molecular complexity index is 733. The molecule has 0 aliphatic carbocycles. The Balaban J connectivity index is 1.98. The molecule has 130 valence electrons. The van der Waals surface area contributed by atoms with E-state index in [9.17, 15) is 4.79 Å². The Morgan fingerprint density at radius 1 is 1.12 bits per heavy atom. The average molecular weight is 338 g/mol. The number of hydrogen-bond donors (Lipinski definition) is 1. The molecule has 5 nitrogen and oxygen atoms in total. The van der Waals surface area contributed by atoms with Crippen molar-refractivity contribution in [2.75, 3.05) is 7.11 Å². The van der Waals surface area contributed by atoms with Crippen molar-refractivity contribution in [1.29, 1.82) is 5.26 Å². The van der Waals surface area contributed by atoms with Crippen molar-refractivity contribution < 1.29 is 14.3 Å². The van der Waals surface area contributed by atoms with Gasteiger partial charge in [0.15, 0.2) is 6.10 Å². The number of hydrogen-bond acceptors (Lipinski definition) is 4. The van der Waals surface area contributed by atoms with Crippen LogP contribution in [-0.2, 0) is 4.79 Å². The third-order valence-electron chi connectivity index (χ3n) is 3.91. The molecule has 0 aliphatic heterocycles. The third kappa shape index (κ3) is 4.98. The monoisotopic (exact) mass is 338 g/mol. The van der Waals surface area contributed by atoms with Crippen LogP contribution in [0, 0.1) is 11.3 Å². The molecule has 2 rings (SSSR count). The molecule has 0 spiro atoms. The maximum atomic E-state index is 12.4. The Kier molecular flexibility index (Phi) is 6.41. The largest absolute Gasteiger partial charge is 0.497 e. The van der Waals surface area contributed by atoms with Gasteiger partial charge in [0.25, 0.3) is 5.91 Å². The maximum absolute atomic E-state index is 12.4. The van der Waals surface area contributed by atoms with Gasteiger partial charge in [-0.15, -0.1) is 0 Å². The number of methoxy groups -OCH3 is 1. The van der Waals surface area contributed by atoms with Crippen LogP contribution in [-0.4, -0.2) is 19.1 Å². The highest BCUT2D eigenvalue weighted by Crippen LogP contribution is 2.21. The van der Waals surface area contributed by atoms with Crippen LogP contribution in [0.25, 0.3) is 0 Å². The average Bonchev–Trinajstić information content (AvgIpc) is 2.66. The van der Waals surface area contributed by atoms with E-state index in [0.717, 1.165) is 17.7 Å². The van der Waals surface area contributed by atoms with Crippen LogP contribution in [0.4, 0.5) is 0 Å². The van der Waals surface area contributed by atoms with Gasteiger partial charge < -0.3 is 14.8 Å². The molecule has 25 heavy (non-hydrogen) atoms. The maximum Gasteiger partial charge on any atom is 0.261 e. The highest BCUT2D eigenvalue weighted by atomic mass is 16.5. The van der Waals surface area contributed by atoms with Crippen LogP contribution in [0.1, 0.15) is 37.4 Å². The second-order valence-corrected chi connectivity index (χ2v) is 5.64. The molecule has 0 fully saturated rings. The van der Waals surface area contributed by atoms with E-state index in [-0.39, 0.29) is 11.9 Å². The van der Waals surface area contributed by atoms with Crippen molar-refractivity contribution in [3.05, 3.63) is 59.7 Å². The number of carbonyl (C=O) groups is 1. The standard InChI is InChI=1S/C20H22N2O3/c1-4-19(16-7-11-17(24-3)12-8-16)22-20(23)14(2)25-18-9-5-15(13-21)6-10-18/h5-12,14,19H,4H2,1-3H3,(H,22,23). The summed E-state index contributed by atoms with van der Waals surface area (Å²) in [5.41, 5.74) is 1.57. The van der Waals surface area contributed by atoms with Crippen molar-refractivity contribution in [1.82, 2.24) is 5.32 Å². The summed E-state index contributed by atoms with van der Waals surface area (Å²) in [5, 5.41) is 11.8. The lowest BCUT2D eigenvalue weighted by Crippen LogP contribution is -2.38. The quantitative estimate of drug-likeness (QED) is 0.837. The molecule has 1 amide bonds. The first kappa shape index (κ1) is 18.3. The summed E-state index contributed by atoms with van der Waals surface area (Å²) in [6, 6.07) is 16.3. The van der Waals surface area contributed by atoms with Gasteiger partial charge in [-0.05, 0) is 55.3 Å². The molecule has 0 aromatic heterocycles. The van der Waals surface area contributed by atoms with Crippen LogP contribution in [0.5, 0.6) is 11.5 Å². The minimum atomic E-state index is -0.639. The van der Waals surface area contributed by atoms with Gasteiger partial charge in [-0.2, -0.15) is 5.26 Å². The predicted octanol–water partition coefficient (Wildman–Crippen LogP) is 3.60. The van der Waals surface area contributed by atoms with Crippen LogP contribution in [0.2, 0.25) is 0 Å². The van der Waals surface area contributed by atoms with Crippen LogP contribution in [0.3, 0.4) is 0 Å². The topological polar surface area (TPSA) is 71.3 Å². The summed E-state index contributed by atoms with van der Waals surface area (Å²) < 4.78 is 10.8. The smallest absolute Gasteiger partial charge is 0.261 e. The predicted molar refractivity (Wildman–Crippen MR) is 95.4 cm³/mol. The van der Waals surface area contributed by atoms with Gasteiger partial charge in [-0.1, -0.05) is 19.1 Å². The molecule has 1 N–H and O–H groups in total. The lowest BCUT2D eigenvalue weighted by atomic mass is 10.0. The second kappa shape index (κ2) is 8.74. The minimum Gasteiger partial charge on any atom is -0.497 e. The Hall–Kier alpha value is -3.00. The number of benzene rings is 2. The summed E-state index contributed by atoms with van der Waals surface area (Å²) in [7, 11) is 1.62. The van der Waals surface area contributed by atoms with E-state index < -0.39 is 6.10 Å². The number of nitrogens with zero attached hydrogens (tertiary/aromatic N) is 1. The van der Waals surface area contributed by atoms with Crippen LogP contribution < -0.4 is 14.8 Å². The first-order valence-corrected chi connectivity index (χ1v) is 8.18. The molecule has 2 unspecified atom stereocenters. The summed E-state index contributed by atoms with van der Waals surface area (Å²) in [4.78, 5) is 12.4. The van der Waals surface area contributed by atoms with Crippen molar-refractivity contribution in [2.45, 2.75) is 32.4 Å². The van der Waals surface area contributed by atoms with Crippen molar-refractivity contribution in [3.8, 4) is 17.6 Å². The van der Waals surface area contributed by atoms with E-state index >= 15 is 0 Å². The van der Waals surface area contributed by atoms with Crippen LogP contribution in [0.15, 0.2) is 48.5 Å². The van der Waals surface area contributed by atoms with Crippen molar-refractivity contribution >= 4 is 5.91 Å². The molecule has 0 saturated heterocycles. The van der Waals surface area contributed by atoms with Crippen LogP contribution >= 0.6 is 0 Å². The summed E-state index contributed by atoms with van der Waals surface area (Å²) in [5.74, 6) is 1.15. The fourth-order valence-electron chi connectivity index (χ4n) is 2.41. The fraction of sp³-hybridized carbons (Fsp3) is 0.300. The number of nitrogens with one attached hydrogen (secondary N) is 1. The van der Waals surface area contributed by atoms with Gasteiger partial charge in [0, 0.05) is 0 Å². The summed E-state index contributed by atoms with van der Waals surface area (Å²) >= 11 is 0. The van der Waals surface area contributed by atoms with E-state index in [0.29, 0.717) is 11.3 Å². The molecule has 0 aliphatic rings. The van der Waals surface area contributed by atoms with Gasteiger partial charge in [-0.3, -0.25) is 4.79 Å². The number of rotatable bonds is 7. The van der Waals surface area contributed by atoms with E-state index in [4.69, 9.17) is 14.7 Å². The lowest BCUT2D eigenvalue weighted by Gasteiger charge is -2.21. The Morgan fingerprint density at radius 3 is 2.24 bits per heavy atom. The van der Waals surface area contributed by atoms with Gasteiger partial charge in [0.2, 0.25) is 0 Å². The van der Waals surface area contributed by atoms with Gasteiger partial charge in [-0.25, -0.2) is 0 Å². The number of carbonyl (C=O) groups excluding carboxylic acids is 1. The summed E-state index contributed by atoms with van der Waals surface area (Å²) in [6.07, 6.45) is 0.127. The van der Waals surface area contributed by atoms with E-state index in [1.807, 2.05) is 37.3 Å².